The first-order valence-corrected chi connectivity index (χ1v) is 3.22. The molecule has 2 unspecified atom stereocenters. The normalized spacial score (nSPS) is 10.9. The van der Waals surface area contributed by atoms with Gasteiger partial charge in [0.2, 0.25) is 0 Å². The third-order valence-electron chi connectivity index (χ3n) is 0.787. The maximum atomic E-state index is 9.62. The van der Waals surface area contributed by atoms with E-state index in [2.05, 4.69) is 0 Å². The summed E-state index contributed by atoms with van der Waals surface area (Å²) in [5, 5.41) is 25.4. The molecule has 0 aliphatic heterocycles. The van der Waals surface area contributed by atoms with Crippen molar-refractivity contribution in [2.45, 2.75) is 26.1 Å². The van der Waals surface area contributed by atoms with Gasteiger partial charge >= 0.3 is 24.1 Å². The molecule has 8 nitrogen and oxygen atoms in total. The van der Waals surface area contributed by atoms with Crippen LogP contribution in [0, 0.1) is 0 Å². The van der Waals surface area contributed by atoms with Gasteiger partial charge in [-0.25, -0.2) is 0 Å². The zero-order valence-electron chi connectivity index (χ0n) is 8.37. The monoisotopic (exact) mass is 292 g/mol. The Balaban J connectivity index is -0.0000000370. The molecule has 4 radical (unpaired) electrons. The standard InChI is InChI=1S/2C3H6O3.Ge.2H2O/c2*1-2(4)3(5)6;;;/h2*2,4H,1H3,(H,5,6);;2*1H2/p+2. The number of hydrogen-bond acceptors (Lipinski definition) is 4. The number of hydrogen-bond donors (Lipinski definition) is 0. The summed E-state index contributed by atoms with van der Waals surface area (Å²) in [4.78, 5) is 19.2. The predicted molar refractivity (Wildman–Crippen MR) is 53.0 cm³/mol. The average Bonchev–Trinajstić information content (AvgIpc) is 1.88. The Kier molecular flexibility index (Phi) is 30.8. The molecule has 0 aliphatic carbocycles. The minimum absolute atomic E-state index is 0. The zero-order valence-corrected chi connectivity index (χ0v) is 10.5. The molecule has 2 atom stereocenters. The molecular weight excluding hydrogens is 273 g/mol. The first kappa shape index (κ1) is 29.3. The maximum Gasteiger partial charge on any atom is 0.595 e. The fourth-order valence-corrected chi connectivity index (χ4v) is 0. The predicted octanol–water partition coefficient (Wildman–Crippen LogP) is -4.03. The molecule has 0 heterocycles. The zero-order chi connectivity index (χ0) is 10.3. The number of rotatable bonds is 2. The summed E-state index contributed by atoms with van der Waals surface area (Å²) in [6.07, 6.45) is -1.74. The van der Waals surface area contributed by atoms with E-state index < -0.39 is 24.1 Å². The van der Waals surface area contributed by atoms with Crippen LogP contribution in [-0.2, 0) is 9.59 Å². The molecule has 0 bridgehead atoms. The van der Waals surface area contributed by atoms with Crippen molar-refractivity contribution in [2.75, 3.05) is 0 Å². The molecule has 0 amide bonds. The second kappa shape index (κ2) is 15.8. The third-order valence-corrected chi connectivity index (χ3v) is 0.787. The van der Waals surface area contributed by atoms with E-state index in [1.807, 2.05) is 0 Å². The Morgan fingerprint density at radius 1 is 0.867 bits per heavy atom. The Morgan fingerprint density at radius 2 is 0.933 bits per heavy atom. The summed E-state index contributed by atoms with van der Waals surface area (Å²) in [5.41, 5.74) is 0. The van der Waals surface area contributed by atoms with E-state index in [1.54, 1.807) is 0 Å². The molecule has 0 aliphatic rings. The SMILES string of the molecule is CC([OH2+])C(=O)[OH2+].CC([OH2+])C(=O)[OH2+].[Ge].[OH-].[OH-]. The summed E-state index contributed by atoms with van der Waals surface area (Å²) in [6, 6.07) is 0. The molecule has 0 aromatic carbocycles. The van der Waals surface area contributed by atoms with Crippen molar-refractivity contribution in [3.05, 3.63) is 0 Å². The van der Waals surface area contributed by atoms with Crippen LogP contribution in [0.15, 0.2) is 0 Å². The summed E-state index contributed by atoms with van der Waals surface area (Å²) in [7, 11) is 0. The van der Waals surface area contributed by atoms with Crippen LogP contribution in [0.4, 0.5) is 0 Å². The van der Waals surface area contributed by atoms with Crippen molar-refractivity contribution in [2.24, 2.45) is 0 Å². The molecule has 0 saturated heterocycles. The van der Waals surface area contributed by atoms with E-state index >= 15 is 0 Å². The van der Waals surface area contributed by atoms with Crippen molar-refractivity contribution in [3.8, 4) is 0 Å². The van der Waals surface area contributed by atoms with E-state index in [0.29, 0.717) is 0 Å². The molecule has 0 aromatic rings. The summed E-state index contributed by atoms with van der Waals surface area (Å²) in [5.74, 6) is -1.65. The van der Waals surface area contributed by atoms with Gasteiger partial charge in [-0.2, -0.15) is 0 Å². The van der Waals surface area contributed by atoms with Crippen LogP contribution in [0.2, 0.25) is 0 Å². The van der Waals surface area contributed by atoms with Crippen LogP contribution < -0.4 is 0 Å². The van der Waals surface area contributed by atoms with E-state index in [0.717, 1.165) is 0 Å². The van der Waals surface area contributed by atoms with Gasteiger partial charge in [-0.3, -0.25) is 0 Å². The van der Waals surface area contributed by atoms with Crippen molar-refractivity contribution < 1.29 is 41.0 Å². The van der Waals surface area contributed by atoms with Gasteiger partial charge in [-0.15, -0.1) is 0 Å². The Hall–Kier alpha value is -0.677. The molecule has 15 heavy (non-hydrogen) atoms. The van der Waals surface area contributed by atoms with E-state index in [9.17, 15) is 9.59 Å². The van der Waals surface area contributed by atoms with Gasteiger partial charge in [0.1, 0.15) is 0 Å². The molecule has 0 spiro atoms. The number of carbonyl (C=O) groups excluding carboxylic acids is 2. The molecule has 0 rings (SSSR count). The van der Waals surface area contributed by atoms with Crippen LogP contribution in [0.1, 0.15) is 13.8 Å². The van der Waals surface area contributed by atoms with Crippen LogP contribution in [0.5, 0.6) is 0 Å². The third kappa shape index (κ3) is 31.9. The molecular formula is C6H18GeO8+2. The van der Waals surface area contributed by atoms with Crippen molar-refractivity contribution in [1.29, 1.82) is 0 Å². The van der Waals surface area contributed by atoms with E-state index in [1.165, 1.54) is 13.8 Å². The molecule has 9 heteroatoms. The van der Waals surface area contributed by atoms with Gasteiger partial charge < -0.3 is 31.4 Å². The van der Waals surface area contributed by atoms with Crippen LogP contribution in [0.25, 0.3) is 0 Å². The second-order valence-corrected chi connectivity index (χ2v) is 2.17. The van der Waals surface area contributed by atoms with E-state index in [4.69, 9.17) is 20.4 Å². The second-order valence-electron chi connectivity index (χ2n) is 2.17. The Morgan fingerprint density at radius 3 is 0.933 bits per heavy atom. The van der Waals surface area contributed by atoms with Crippen LogP contribution in [-0.4, -0.2) is 73.1 Å². The molecule has 0 saturated carbocycles. The topological polar surface area (TPSA) is 186 Å². The largest absolute Gasteiger partial charge is 0.870 e. The van der Waals surface area contributed by atoms with E-state index in [-0.39, 0.29) is 28.5 Å². The fourth-order valence-electron chi connectivity index (χ4n) is 0. The first-order chi connectivity index (χ1) is 5.29. The van der Waals surface area contributed by atoms with Crippen molar-refractivity contribution in [1.82, 2.24) is 0 Å². The molecule has 0 aromatic heterocycles. The van der Waals surface area contributed by atoms with Crippen molar-refractivity contribution >= 4 is 29.5 Å². The summed E-state index contributed by atoms with van der Waals surface area (Å²) < 4.78 is 0. The Bertz CT molecular complexity index is 139. The number of carbonyl (C=O) groups is 2. The quantitative estimate of drug-likeness (QED) is 0.370. The van der Waals surface area contributed by atoms with Gasteiger partial charge in [0.15, 0.2) is 0 Å². The first-order valence-electron chi connectivity index (χ1n) is 3.22. The minimum atomic E-state index is -0.870. The van der Waals surface area contributed by atoms with Crippen LogP contribution in [0.3, 0.4) is 0 Å². The van der Waals surface area contributed by atoms with Gasteiger partial charge in [0.25, 0.3) is 0 Å². The molecule has 92 valence electrons. The summed E-state index contributed by atoms with van der Waals surface area (Å²) >= 11 is 0. The fraction of sp³-hybridized carbons (Fsp3) is 0.667. The van der Waals surface area contributed by atoms with Crippen molar-refractivity contribution in [3.63, 3.8) is 0 Å². The summed E-state index contributed by atoms with van der Waals surface area (Å²) in [6.45, 7) is 2.74. The molecule has 0 fully saturated rings. The van der Waals surface area contributed by atoms with Gasteiger partial charge in [0, 0.05) is 31.4 Å². The van der Waals surface area contributed by atoms with Crippen LogP contribution >= 0.6 is 0 Å². The Labute approximate surface area is 97.1 Å². The smallest absolute Gasteiger partial charge is 0.595 e. The van der Waals surface area contributed by atoms with Gasteiger partial charge in [-0.05, 0) is 0 Å². The molecule has 10 N–H and O–H groups in total. The van der Waals surface area contributed by atoms with Gasteiger partial charge in [-0.1, -0.05) is 0 Å². The maximum absolute atomic E-state index is 9.62. The van der Waals surface area contributed by atoms with Gasteiger partial charge in [0.05, 0.1) is 9.59 Å². The minimum Gasteiger partial charge on any atom is -0.870 e. The average molecular weight is 291 g/mol.